The molecule has 1 aromatic carbocycles. The second-order valence-electron chi connectivity index (χ2n) is 4.78. The second kappa shape index (κ2) is 6.74. The molecule has 1 atom stereocenters. The van der Waals surface area contributed by atoms with Gasteiger partial charge in [0.25, 0.3) is 0 Å². The summed E-state index contributed by atoms with van der Waals surface area (Å²) >= 11 is 5.84. The highest BCUT2D eigenvalue weighted by Crippen LogP contribution is 2.21. The molecule has 116 valence electrons. The molecule has 21 heavy (non-hydrogen) atoms. The zero-order chi connectivity index (χ0) is 15.5. The molecule has 1 aliphatic heterocycles. The molecule has 0 bridgehead atoms. The van der Waals surface area contributed by atoms with Crippen LogP contribution in [0.5, 0.6) is 0 Å². The molecule has 1 heterocycles. The van der Waals surface area contributed by atoms with Crippen molar-refractivity contribution >= 4 is 27.6 Å². The summed E-state index contributed by atoms with van der Waals surface area (Å²) in [7, 11) is -2.63. The van der Waals surface area contributed by atoms with E-state index in [2.05, 4.69) is 14.8 Å². The SMILES string of the molecule is COC(=O)c1ccc(Cl)cc1S(=O)(=O)NCC1CCCN1. The Morgan fingerprint density at radius 2 is 2.29 bits per heavy atom. The minimum absolute atomic E-state index is 0.0335. The lowest BCUT2D eigenvalue weighted by molar-refractivity contribution is 0.0596. The first-order valence-electron chi connectivity index (χ1n) is 6.55. The average molecular weight is 333 g/mol. The van der Waals surface area contributed by atoms with Gasteiger partial charge in [-0.2, -0.15) is 0 Å². The van der Waals surface area contributed by atoms with Gasteiger partial charge in [0, 0.05) is 17.6 Å². The molecule has 6 nitrogen and oxygen atoms in total. The average Bonchev–Trinajstić information content (AvgIpc) is 2.98. The predicted octanol–water partition coefficient (Wildman–Crippen LogP) is 1.16. The van der Waals surface area contributed by atoms with E-state index in [1.807, 2.05) is 0 Å². The van der Waals surface area contributed by atoms with E-state index >= 15 is 0 Å². The van der Waals surface area contributed by atoms with Crippen LogP contribution in [0.25, 0.3) is 0 Å². The van der Waals surface area contributed by atoms with Crippen LogP contribution in [0.4, 0.5) is 0 Å². The van der Waals surface area contributed by atoms with Gasteiger partial charge in [0.2, 0.25) is 10.0 Å². The number of methoxy groups -OCH3 is 1. The number of esters is 1. The van der Waals surface area contributed by atoms with E-state index in [1.54, 1.807) is 0 Å². The van der Waals surface area contributed by atoms with Crippen LogP contribution in [-0.2, 0) is 14.8 Å². The minimum atomic E-state index is -3.83. The fourth-order valence-electron chi connectivity index (χ4n) is 2.22. The maximum Gasteiger partial charge on any atom is 0.339 e. The molecule has 2 rings (SSSR count). The summed E-state index contributed by atoms with van der Waals surface area (Å²) in [5.41, 5.74) is -0.0335. The fraction of sp³-hybridized carbons (Fsp3) is 0.462. The van der Waals surface area contributed by atoms with Crippen LogP contribution in [0.3, 0.4) is 0 Å². The molecule has 1 aliphatic rings. The fourth-order valence-corrected chi connectivity index (χ4v) is 3.75. The third kappa shape index (κ3) is 3.94. The van der Waals surface area contributed by atoms with Gasteiger partial charge in [-0.3, -0.25) is 0 Å². The molecule has 1 fully saturated rings. The molecule has 0 saturated carbocycles. The maximum atomic E-state index is 12.4. The van der Waals surface area contributed by atoms with Crippen molar-refractivity contribution in [2.45, 2.75) is 23.8 Å². The van der Waals surface area contributed by atoms with E-state index in [0.717, 1.165) is 19.4 Å². The lowest BCUT2D eigenvalue weighted by Gasteiger charge is -2.14. The number of halogens is 1. The minimum Gasteiger partial charge on any atom is -0.465 e. The molecule has 8 heteroatoms. The van der Waals surface area contributed by atoms with Gasteiger partial charge in [0.1, 0.15) is 0 Å². The largest absolute Gasteiger partial charge is 0.465 e. The summed E-state index contributed by atoms with van der Waals surface area (Å²) < 4.78 is 31.9. The van der Waals surface area contributed by atoms with Crippen LogP contribution in [0, 0.1) is 0 Å². The normalized spacial score (nSPS) is 18.7. The number of carbonyl (C=O) groups is 1. The molecule has 0 aliphatic carbocycles. The summed E-state index contributed by atoms with van der Waals surface area (Å²) in [5, 5.41) is 3.43. The first kappa shape index (κ1) is 16.2. The Labute approximate surface area is 128 Å². The van der Waals surface area contributed by atoms with Gasteiger partial charge in [-0.1, -0.05) is 11.6 Å². The first-order chi connectivity index (χ1) is 9.94. The van der Waals surface area contributed by atoms with Crippen LogP contribution in [-0.4, -0.2) is 40.6 Å². The number of hydrogen-bond donors (Lipinski definition) is 2. The second-order valence-corrected chi connectivity index (χ2v) is 6.95. The topological polar surface area (TPSA) is 84.5 Å². The quantitative estimate of drug-likeness (QED) is 0.790. The van der Waals surface area contributed by atoms with Crippen LogP contribution >= 0.6 is 11.6 Å². The van der Waals surface area contributed by atoms with Crippen molar-refractivity contribution < 1.29 is 17.9 Å². The van der Waals surface area contributed by atoms with Crippen molar-refractivity contribution in [3.63, 3.8) is 0 Å². The molecule has 1 aromatic rings. The van der Waals surface area contributed by atoms with Gasteiger partial charge in [-0.15, -0.1) is 0 Å². The van der Waals surface area contributed by atoms with Gasteiger partial charge in [-0.05, 0) is 37.6 Å². The van der Waals surface area contributed by atoms with Crippen molar-refractivity contribution in [3.05, 3.63) is 28.8 Å². The van der Waals surface area contributed by atoms with E-state index in [0.29, 0.717) is 0 Å². The van der Waals surface area contributed by atoms with Crippen molar-refractivity contribution in [1.82, 2.24) is 10.0 Å². The molecular weight excluding hydrogens is 316 g/mol. The van der Waals surface area contributed by atoms with Crippen LogP contribution < -0.4 is 10.0 Å². The monoisotopic (exact) mass is 332 g/mol. The lowest BCUT2D eigenvalue weighted by atomic mass is 10.2. The Hall–Kier alpha value is -1.15. The zero-order valence-corrected chi connectivity index (χ0v) is 13.1. The highest BCUT2D eigenvalue weighted by atomic mass is 35.5. The number of rotatable bonds is 5. The van der Waals surface area contributed by atoms with E-state index < -0.39 is 16.0 Å². The van der Waals surface area contributed by atoms with Crippen molar-refractivity contribution in [3.8, 4) is 0 Å². The summed E-state index contributed by atoms with van der Waals surface area (Å²) in [6.07, 6.45) is 1.94. The number of benzene rings is 1. The number of nitrogens with one attached hydrogen (secondary N) is 2. The molecule has 0 aromatic heterocycles. The molecule has 2 N–H and O–H groups in total. The third-order valence-electron chi connectivity index (χ3n) is 3.32. The van der Waals surface area contributed by atoms with Gasteiger partial charge >= 0.3 is 5.97 Å². The van der Waals surface area contributed by atoms with E-state index in [-0.39, 0.29) is 28.1 Å². The first-order valence-corrected chi connectivity index (χ1v) is 8.41. The summed E-state index contributed by atoms with van der Waals surface area (Å²) in [6, 6.07) is 4.15. The smallest absolute Gasteiger partial charge is 0.339 e. The molecule has 0 radical (unpaired) electrons. The number of hydrogen-bond acceptors (Lipinski definition) is 5. The van der Waals surface area contributed by atoms with E-state index in [9.17, 15) is 13.2 Å². The predicted molar refractivity (Wildman–Crippen MR) is 79.0 cm³/mol. The standard InChI is InChI=1S/C13H17ClN2O4S/c1-20-13(17)11-5-4-9(14)7-12(11)21(18,19)16-8-10-3-2-6-15-10/h4-5,7,10,15-16H,2-3,6,8H2,1H3. The Morgan fingerprint density at radius 1 is 1.52 bits per heavy atom. The Morgan fingerprint density at radius 3 is 2.90 bits per heavy atom. The molecular formula is C13H17ClN2O4S. The lowest BCUT2D eigenvalue weighted by Crippen LogP contribution is -2.37. The molecule has 1 saturated heterocycles. The zero-order valence-electron chi connectivity index (χ0n) is 11.6. The highest BCUT2D eigenvalue weighted by molar-refractivity contribution is 7.89. The van der Waals surface area contributed by atoms with Crippen molar-refractivity contribution in [1.29, 1.82) is 0 Å². The van der Waals surface area contributed by atoms with E-state index in [1.165, 1.54) is 25.3 Å². The summed E-state index contributed by atoms with van der Waals surface area (Å²) in [6.45, 7) is 1.16. The number of ether oxygens (including phenoxy) is 1. The summed E-state index contributed by atoms with van der Waals surface area (Å²) in [4.78, 5) is 11.5. The van der Waals surface area contributed by atoms with E-state index in [4.69, 9.17) is 11.6 Å². The maximum absolute atomic E-state index is 12.4. The van der Waals surface area contributed by atoms with Gasteiger partial charge < -0.3 is 10.1 Å². The Balaban J connectivity index is 2.25. The number of carbonyl (C=O) groups excluding carboxylic acids is 1. The van der Waals surface area contributed by atoms with Crippen molar-refractivity contribution in [2.24, 2.45) is 0 Å². The molecule has 0 spiro atoms. The molecule has 0 amide bonds. The Kier molecular flexibility index (Phi) is 5.21. The van der Waals surface area contributed by atoms with Crippen LogP contribution in [0.1, 0.15) is 23.2 Å². The third-order valence-corrected chi connectivity index (χ3v) is 5.02. The van der Waals surface area contributed by atoms with Gasteiger partial charge in [0.15, 0.2) is 0 Å². The van der Waals surface area contributed by atoms with Crippen molar-refractivity contribution in [2.75, 3.05) is 20.2 Å². The van der Waals surface area contributed by atoms with Gasteiger partial charge in [0.05, 0.1) is 17.6 Å². The Bertz CT molecular complexity index is 627. The van der Waals surface area contributed by atoms with Gasteiger partial charge in [-0.25, -0.2) is 17.9 Å². The highest BCUT2D eigenvalue weighted by Gasteiger charge is 2.25. The van der Waals surface area contributed by atoms with Crippen LogP contribution in [0.2, 0.25) is 5.02 Å². The number of sulfonamides is 1. The summed E-state index contributed by atoms with van der Waals surface area (Å²) in [5.74, 6) is -0.717. The molecule has 1 unspecified atom stereocenters. The van der Waals surface area contributed by atoms with Crippen LogP contribution in [0.15, 0.2) is 23.1 Å².